The maximum absolute atomic E-state index is 12.7. The van der Waals surface area contributed by atoms with Crippen LogP contribution < -0.4 is 0 Å². The second-order valence-corrected chi connectivity index (χ2v) is 5.96. The van der Waals surface area contributed by atoms with Crippen LogP contribution in [0.25, 0.3) is 10.8 Å². The molecule has 0 radical (unpaired) electrons. The number of hydrogen-bond donors (Lipinski definition) is 0. The number of rotatable bonds is 7. The molecular formula is C20H21NO2. The summed E-state index contributed by atoms with van der Waals surface area (Å²) in [4.78, 5) is 26.8. The summed E-state index contributed by atoms with van der Waals surface area (Å²) in [6, 6.07) is 11.3. The second kappa shape index (κ2) is 6.78. The number of unbranched alkanes of at least 4 members (excludes halogenated alkanes) is 4. The predicted octanol–water partition coefficient (Wildman–Crippen LogP) is 4.57. The average molecular weight is 307 g/mol. The molecule has 1 aliphatic rings. The van der Waals surface area contributed by atoms with Gasteiger partial charge in [-0.1, -0.05) is 43.2 Å². The van der Waals surface area contributed by atoms with Crippen LogP contribution in [0, 0.1) is 0 Å². The average Bonchev–Trinajstić information content (AvgIpc) is 2.58. The summed E-state index contributed by atoms with van der Waals surface area (Å²) >= 11 is 0. The Morgan fingerprint density at radius 3 is 2.09 bits per heavy atom. The maximum atomic E-state index is 12.7. The molecule has 0 unspecified atom stereocenters. The van der Waals surface area contributed by atoms with E-state index in [4.69, 9.17) is 0 Å². The van der Waals surface area contributed by atoms with Crippen LogP contribution in [0.1, 0.15) is 52.8 Å². The molecule has 1 aliphatic heterocycles. The van der Waals surface area contributed by atoms with Gasteiger partial charge in [0, 0.05) is 23.1 Å². The van der Waals surface area contributed by atoms with Gasteiger partial charge in [-0.25, -0.2) is 0 Å². The van der Waals surface area contributed by atoms with Crippen molar-refractivity contribution in [2.75, 3.05) is 6.54 Å². The van der Waals surface area contributed by atoms with Crippen LogP contribution in [-0.2, 0) is 0 Å². The number of amides is 2. The van der Waals surface area contributed by atoms with E-state index in [0.29, 0.717) is 17.7 Å². The van der Waals surface area contributed by atoms with Crippen molar-refractivity contribution in [3.8, 4) is 0 Å². The molecule has 2 aromatic rings. The molecule has 23 heavy (non-hydrogen) atoms. The van der Waals surface area contributed by atoms with Crippen molar-refractivity contribution in [3.63, 3.8) is 0 Å². The minimum absolute atomic E-state index is 0.162. The molecule has 0 aliphatic carbocycles. The molecule has 0 fully saturated rings. The highest BCUT2D eigenvalue weighted by Gasteiger charge is 2.31. The lowest BCUT2D eigenvalue weighted by atomic mass is 9.94. The van der Waals surface area contributed by atoms with E-state index >= 15 is 0 Å². The van der Waals surface area contributed by atoms with Crippen LogP contribution in [0.2, 0.25) is 0 Å². The van der Waals surface area contributed by atoms with Crippen LogP contribution in [0.15, 0.2) is 49.1 Å². The van der Waals surface area contributed by atoms with Crippen molar-refractivity contribution in [2.24, 2.45) is 0 Å². The minimum Gasteiger partial charge on any atom is -0.274 e. The van der Waals surface area contributed by atoms with Crippen molar-refractivity contribution < 1.29 is 9.59 Å². The first-order valence-corrected chi connectivity index (χ1v) is 8.23. The summed E-state index contributed by atoms with van der Waals surface area (Å²) in [5, 5.41) is 1.75. The monoisotopic (exact) mass is 307 g/mol. The van der Waals surface area contributed by atoms with Crippen molar-refractivity contribution in [1.82, 2.24) is 4.90 Å². The Labute approximate surface area is 136 Å². The summed E-state index contributed by atoms with van der Waals surface area (Å²) < 4.78 is 0. The lowest BCUT2D eigenvalue weighted by Gasteiger charge is -2.27. The smallest absolute Gasteiger partial charge is 0.261 e. The summed E-state index contributed by atoms with van der Waals surface area (Å²) in [6.45, 7) is 4.21. The first-order valence-electron chi connectivity index (χ1n) is 8.23. The topological polar surface area (TPSA) is 37.4 Å². The van der Waals surface area contributed by atoms with Gasteiger partial charge >= 0.3 is 0 Å². The van der Waals surface area contributed by atoms with Gasteiger partial charge in [0.1, 0.15) is 0 Å². The molecule has 118 valence electrons. The molecule has 3 heteroatoms. The van der Waals surface area contributed by atoms with Crippen LogP contribution in [-0.4, -0.2) is 23.3 Å². The molecule has 0 atom stereocenters. The summed E-state index contributed by atoms with van der Waals surface area (Å²) in [7, 11) is 0. The van der Waals surface area contributed by atoms with Gasteiger partial charge in [-0.3, -0.25) is 14.5 Å². The van der Waals surface area contributed by atoms with E-state index in [0.717, 1.165) is 42.9 Å². The zero-order valence-corrected chi connectivity index (χ0v) is 13.3. The molecule has 0 saturated carbocycles. The maximum Gasteiger partial charge on any atom is 0.261 e. The van der Waals surface area contributed by atoms with E-state index in [1.54, 1.807) is 0 Å². The van der Waals surface area contributed by atoms with Crippen molar-refractivity contribution in [1.29, 1.82) is 0 Å². The second-order valence-electron chi connectivity index (χ2n) is 5.96. The Morgan fingerprint density at radius 2 is 1.48 bits per heavy atom. The highest BCUT2D eigenvalue weighted by Crippen LogP contribution is 2.30. The third-order valence-electron chi connectivity index (χ3n) is 4.40. The molecular weight excluding hydrogens is 286 g/mol. The Hall–Kier alpha value is -2.42. The van der Waals surface area contributed by atoms with E-state index in [2.05, 4.69) is 6.58 Å². The highest BCUT2D eigenvalue weighted by molar-refractivity contribution is 6.25. The lowest BCUT2D eigenvalue weighted by Crippen LogP contribution is -2.40. The number of hydrogen-bond acceptors (Lipinski definition) is 2. The molecule has 0 saturated heterocycles. The summed E-state index contributed by atoms with van der Waals surface area (Å²) in [5.41, 5.74) is 1.29. The molecule has 0 aromatic heterocycles. The number of carbonyl (C=O) groups is 2. The molecule has 1 heterocycles. The molecule has 3 rings (SSSR count). The van der Waals surface area contributed by atoms with Crippen molar-refractivity contribution >= 4 is 22.6 Å². The van der Waals surface area contributed by atoms with Crippen LogP contribution in [0.3, 0.4) is 0 Å². The molecule has 2 aromatic carbocycles. The lowest BCUT2D eigenvalue weighted by molar-refractivity contribution is 0.0608. The van der Waals surface area contributed by atoms with E-state index < -0.39 is 0 Å². The van der Waals surface area contributed by atoms with Gasteiger partial charge in [-0.15, -0.1) is 6.58 Å². The van der Waals surface area contributed by atoms with Gasteiger partial charge in [0.15, 0.2) is 0 Å². The molecule has 0 bridgehead atoms. The number of benzene rings is 2. The number of imide groups is 1. The Kier molecular flexibility index (Phi) is 4.56. The predicted molar refractivity (Wildman–Crippen MR) is 92.6 cm³/mol. The fraction of sp³-hybridized carbons (Fsp3) is 0.300. The molecule has 2 amide bonds. The molecule has 0 N–H and O–H groups in total. The van der Waals surface area contributed by atoms with E-state index in [1.165, 1.54) is 4.90 Å². The highest BCUT2D eigenvalue weighted by atomic mass is 16.2. The van der Waals surface area contributed by atoms with Crippen LogP contribution in [0.4, 0.5) is 0 Å². The van der Waals surface area contributed by atoms with Gasteiger partial charge in [0.05, 0.1) is 0 Å². The normalized spacial score (nSPS) is 13.7. The number of nitrogens with zero attached hydrogens (tertiary/aromatic N) is 1. The van der Waals surface area contributed by atoms with Crippen LogP contribution >= 0.6 is 0 Å². The number of carbonyl (C=O) groups excluding carboxylic acids is 2. The molecule has 3 nitrogen and oxygen atoms in total. The van der Waals surface area contributed by atoms with E-state index in [1.807, 2.05) is 42.5 Å². The fourth-order valence-corrected chi connectivity index (χ4v) is 3.20. The zero-order chi connectivity index (χ0) is 16.2. The fourth-order valence-electron chi connectivity index (χ4n) is 3.20. The molecule has 0 spiro atoms. The zero-order valence-electron chi connectivity index (χ0n) is 13.3. The quantitative estimate of drug-likeness (QED) is 0.427. The standard InChI is InChI=1S/C20H21NO2/c1-2-3-4-5-6-7-14-21-19(22)16-12-8-10-15-11-9-13-17(18(15)16)20(21)23/h2,8-13H,1,3-7,14H2. The first-order chi connectivity index (χ1) is 11.2. The summed E-state index contributed by atoms with van der Waals surface area (Å²) in [6.07, 6.45) is 7.05. The van der Waals surface area contributed by atoms with Gasteiger partial charge in [0.25, 0.3) is 11.8 Å². The minimum atomic E-state index is -0.162. The van der Waals surface area contributed by atoms with E-state index in [9.17, 15) is 9.59 Å². The summed E-state index contributed by atoms with van der Waals surface area (Å²) in [5.74, 6) is -0.323. The number of allylic oxidation sites excluding steroid dienone is 1. The largest absolute Gasteiger partial charge is 0.274 e. The Balaban J connectivity index is 1.76. The third kappa shape index (κ3) is 2.91. The van der Waals surface area contributed by atoms with Crippen LogP contribution in [0.5, 0.6) is 0 Å². The first kappa shape index (κ1) is 15.5. The third-order valence-corrected chi connectivity index (χ3v) is 4.40. The Morgan fingerprint density at radius 1 is 0.870 bits per heavy atom. The Bertz CT molecular complexity index is 713. The van der Waals surface area contributed by atoms with Gasteiger partial charge in [0.2, 0.25) is 0 Å². The van der Waals surface area contributed by atoms with Crippen molar-refractivity contribution in [3.05, 3.63) is 60.2 Å². The van der Waals surface area contributed by atoms with Crippen molar-refractivity contribution in [2.45, 2.75) is 32.1 Å². The van der Waals surface area contributed by atoms with Gasteiger partial charge < -0.3 is 0 Å². The van der Waals surface area contributed by atoms with Gasteiger partial charge in [-0.2, -0.15) is 0 Å². The van der Waals surface area contributed by atoms with Gasteiger partial charge in [-0.05, 0) is 36.8 Å². The van der Waals surface area contributed by atoms with E-state index in [-0.39, 0.29) is 11.8 Å². The SMILES string of the molecule is C=CCCCCCCN1C(=O)c2cccc3cccc(c23)C1=O.